The second kappa shape index (κ2) is 33.3. The van der Waals surface area contributed by atoms with Gasteiger partial charge in [0.25, 0.3) is 39.6 Å². The summed E-state index contributed by atoms with van der Waals surface area (Å²) in [6.07, 6.45) is 7.01. The van der Waals surface area contributed by atoms with Crippen LogP contribution in [0.2, 0.25) is 5.02 Å². The van der Waals surface area contributed by atoms with E-state index in [2.05, 4.69) is 113 Å². The number of fused-ring (bicyclic) bond motifs is 7. The molecule has 12 aromatic rings. The number of H-pyrrole nitrogens is 5. The number of benzene rings is 7. The number of hydrogen-bond acceptors (Lipinski definition) is 9. The molecule has 2 aliphatic heterocycles. The Bertz CT molecular complexity index is 5080. The van der Waals surface area contributed by atoms with Crippen LogP contribution in [0.25, 0.3) is 54.1 Å². The summed E-state index contributed by atoms with van der Waals surface area (Å²) in [4.78, 5) is 101. The SMILES string of the molecule is CC(C)c1cc2c(=O)[nH]cnc2cc1F.CC(C)c1cc2c(cc1F)CNC2=O.CC(C)c1ccc2c(Cl)c[nH]c(=O)c2c1.CC(C)c1ccc2c(F)c[nH]c(=O)c2c1.CC(C)c1ccc2c(c1)C(=O)NC2.CC(C)c1ccc2cc[nH]c(=O)c2c1.CC(C)c1ccc2nc[nH]c(=O)c2c1. The Balaban J connectivity index is 0.000000148. The summed E-state index contributed by atoms with van der Waals surface area (Å²) in [6, 6.07) is 37.0. The molecule has 2 amide bonds. The number of halogens is 4. The van der Waals surface area contributed by atoms with Gasteiger partial charge < -0.3 is 35.6 Å². The number of carbonyl (C=O) groups is 2. The first-order chi connectivity index (χ1) is 47.4. The van der Waals surface area contributed by atoms with Crippen molar-refractivity contribution in [1.82, 2.24) is 45.5 Å². The Kier molecular flexibility index (Phi) is 25.1. The van der Waals surface area contributed by atoms with Crippen molar-refractivity contribution in [3.63, 3.8) is 0 Å². The first-order valence-corrected chi connectivity index (χ1v) is 33.7. The lowest BCUT2D eigenvalue weighted by molar-refractivity contribution is 0.0957. The number of nitrogens with zero attached hydrogens (tertiary/aromatic N) is 2. The number of aromatic amines is 5. The van der Waals surface area contributed by atoms with Gasteiger partial charge >= 0.3 is 0 Å². The van der Waals surface area contributed by atoms with E-state index < -0.39 is 0 Å². The van der Waals surface area contributed by atoms with Crippen LogP contribution in [0, 0.1) is 17.5 Å². The summed E-state index contributed by atoms with van der Waals surface area (Å²) >= 11 is 5.99. The van der Waals surface area contributed by atoms with Gasteiger partial charge in [0.15, 0.2) is 0 Å². The molecule has 0 fully saturated rings. The maximum Gasteiger partial charge on any atom is 0.258 e. The molecule has 0 spiro atoms. The zero-order valence-corrected chi connectivity index (χ0v) is 59.4. The third-order valence-electron chi connectivity index (χ3n) is 17.3. The highest BCUT2D eigenvalue weighted by atomic mass is 35.5. The van der Waals surface area contributed by atoms with E-state index >= 15 is 0 Å². The summed E-state index contributed by atoms with van der Waals surface area (Å²) in [5.74, 6) is 1.33. The lowest BCUT2D eigenvalue weighted by Crippen LogP contribution is -2.12. The second-order valence-corrected chi connectivity index (χ2v) is 27.1. The Morgan fingerprint density at radius 1 is 0.350 bits per heavy atom. The van der Waals surface area contributed by atoms with Gasteiger partial charge in [-0.1, -0.05) is 163 Å². The molecule has 5 aromatic heterocycles. The number of hydrogen-bond donors (Lipinski definition) is 7. The number of amides is 2. The standard InChI is InChI=1S/C12H12ClNO.C12H12FNO.C12H13NO.C11H11FN2O.C11H12FNO.C11H12N2O.C11H13NO/c2*1-7(2)8-3-4-9-10(5-8)12(15)14-6-11(9)13;1-8(2)10-4-3-9-5-6-13-12(14)11(9)7-10;1-6(2)7-3-8-10(4-9(7)12)13-5-14-11(8)15;1-6(2)8-4-9-7(3-10(8)12)5-13-11(9)14;1-7(2)8-3-4-10-9(5-8)11(14)13-6-12-10;1-7(2)8-3-4-9-6-12-11(13)10(9)5-8/h2*3-7H,1-2H3,(H,14,15);3-8H,1-2H3,(H,13,14);3-6H,1-2H3,(H,13,14,15);3-4,6H,5H2,1-2H3,(H,13,14);3-7H,1-2H3,(H,12,13,14);3-5,7H,6H2,1-2H3,(H,12,13). The van der Waals surface area contributed by atoms with Crippen molar-refractivity contribution < 1.29 is 22.8 Å². The average molecular weight is 1380 g/mol. The van der Waals surface area contributed by atoms with E-state index in [0.29, 0.717) is 96.8 Å². The van der Waals surface area contributed by atoms with Crippen LogP contribution in [0.4, 0.5) is 13.2 Å². The Labute approximate surface area is 582 Å². The maximum absolute atomic E-state index is 13.5. The summed E-state index contributed by atoms with van der Waals surface area (Å²) in [5.41, 5.74) is 10.8. The lowest BCUT2D eigenvalue weighted by atomic mass is 9.98. The molecule has 0 saturated heterocycles. The highest BCUT2D eigenvalue weighted by Crippen LogP contribution is 2.29. The first-order valence-electron chi connectivity index (χ1n) is 33.3. The van der Waals surface area contributed by atoms with Crippen molar-refractivity contribution in [2.75, 3.05) is 0 Å². The van der Waals surface area contributed by atoms with Crippen LogP contribution in [0.3, 0.4) is 0 Å². The largest absolute Gasteiger partial charge is 0.348 e. The van der Waals surface area contributed by atoms with Gasteiger partial charge in [-0.05, 0) is 158 Å². The number of nitrogens with one attached hydrogen (secondary N) is 7. The zero-order chi connectivity index (χ0) is 73.0. The Morgan fingerprint density at radius 3 is 1.34 bits per heavy atom. The molecule has 0 unspecified atom stereocenters. The molecule has 100 heavy (non-hydrogen) atoms. The van der Waals surface area contributed by atoms with Crippen LogP contribution in [-0.2, 0) is 13.1 Å². The van der Waals surface area contributed by atoms with Crippen molar-refractivity contribution in [3.05, 3.63) is 288 Å². The predicted molar refractivity (Wildman–Crippen MR) is 397 cm³/mol. The van der Waals surface area contributed by atoms with Crippen molar-refractivity contribution in [1.29, 1.82) is 0 Å². The molecule has 16 nitrogen and oxygen atoms in total. The smallest absolute Gasteiger partial charge is 0.258 e. The molecule has 0 atom stereocenters. The number of carbonyl (C=O) groups excluding carboxylic acids is 2. The van der Waals surface area contributed by atoms with Gasteiger partial charge in [-0.3, -0.25) is 33.6 Å². The van der Waals surface area contributed by atoms with Gasteiger partial charge in [0, 0.05) is 70.4 Å². The molecule has 7 aromatic carbocycles. The van der Waals surface area contributed by atoms with Gasteiger partial charge in [-0.15, -0.1) is 0 Å². The second-order valence-electron chi connectivity index (χ2n) is 26.7. The fraction of sp³-hybridized carbons (Fsp3) is 0.287. The lowest BCUT2D eigenvalue weighted by Gasteiger charge is -2.08. The minimum absolute atomic E-state index is 0.00926. The third-order valence-corrected chi connectivity index (χ3v) is 17.6. The molecular weight excluding hydrogens is 1290 g/mol. The van der Waals surface area contributed by atoms with Crippen molar-refractivity contribution in [2.45, 2.75) is 151 Å². The monoisotopic (exact) mass is 1380 g/mol. The molecule has 0 radical (unpaired) electrons. The van der Waals surface area contributed by atoms with E-state index in [4.69, 9.17) is 11.6 Å². The van der Waals surface area contributed by atoms with Crippen LogP contribution in [0.1, 0.15) is 209 Å². The van der Waals surface area contributed by atoms with Crippen LogP contribution >= 0.6 is 11.6 Å². The maximum atomic E-state index is 13.5. The quantitative estimate of drug-likeness (QED) is 0.0800. The topological polar surface area (TPSA) is 248 Å². The Morgan fingerprint density at radius 2 is 0.770 bits per heavy atom. The van der Waals surface area contributed by atoms with Crippen LogP contribution < -0.4 is 38.4 Å². The molecule has 0 saturated carbocycles. The molecule has 20 heteroatoms. The number of rotatable bonds is 7. The number of pyridine rings is 3. The summed E-state index contributed by atoms with van der Waals surface area (Å²) in [5, 5.41) is 11.2. The van der Waals surface area contributed by atoms with Crippen LogP contribution in [0.15, 0.2) is 177 Å². The minimum atomic E-state index is -0.389. The predicted octanol–water partition coefficient (Wildman–Crippen LogP) is 17.2. The van der Waals surface area contributed by atoms with E-state index in [9.17, 15) is 46.7 Å². The first kappa shape index (κ1) is 75.2. The summed E-state index contributed by atoms with van der Waals surface area (Å²) < 4.78 is 40.4. The molecule has 14 rings (SSSR count). The highest BCUT2D eigenvalue weighted by molar-refractivity contribution is 6.35. The molecular formula is C80H85ClF3N9O7. The molecule has 7 heterocycles. The van der Waals surface area contributed by atoms with Crippen LogP contribution in [0.5, 0.6) is 0 Å². The molecule has 0 bridgehead atoms. The average Bonchev–Trinajstić information content (AvgIpc) is 1.27. The number of aromatic nitrogens is 7. The van der Waals surface area contributed by atoms with Gasteiger partial charge in [0.2, 0.25) is 0 Å². The summed E-state index contributed by atoms with van der Waals surface area (Å²) in [7, 11) is 0. The highest BCUT2D eigenvalue weighted by Gasteiger charge is 2.23. The van der Waals surface area contributed by atoms with E-state index in [0.717, 1.165) is 61.3 Å². The normalized spacial score (nSPS) is 12.1. The van der Waals surface area contributed by atoms with Gasteiger partial charge in [0.05, 0.1) is 44.9 Å². The minimum Gasteiger partial charge on any atom is -0.348 e. The third kappa shape index (κ3) is 18.4. The van der Waals surface area contributed by atoms with E-state index in [1.807, 2.05) is 114 Å². The van der Waals surface area contributed by atoms with E-state index in [-0.39, 0.29) is 68.9 Å². The van der Waals surface area contributed by atoms with Crippen molar-refractivity contribution >= 4 is 77.5 Å². The molecule has 7 N–H and O–H groups in total. The van der Waals surface area contributed by atoms with Gasteiger partial charge in [0.1, 0.15) is 17.5 Å². The van der Waals surface area contributed by atoms with Crippen molar-refractivity contribution in [2.24, 2.45) is 0 Å². The molecule has 2 aliphatic rings. The van der Waals surface area contributed by atoms with Crippen molar-refractivity contribution in [3.8, 4) is 0 Å². The summed E-state index contributed by atoms with van der Waals surface area (Å²) in [6.45, 7) is 29.7. The van der Waals surface area contributed by atoms with Gasteiger partial charge in [-0.25, -0.2) is 23.1 Å². The van der Waals surface area contributed by atoms with E-state index in [1.165, 1.54) is 42.1 Å². The molecule has 0 aliphatic carbocycles. The van der Waals surface area contributed by atoms with Gasteiger partial charge in [-0.2, -0.15) is 0 Å². The van der Waals surface area contributed by atoms with E-state index in [1.54, 1.807) is 30.5 Å². The zero-order valence-electron chi connectivity index (χ0n) is 58.7. The fourth-order valence-electron chi connectivity index (χ4n) is 11.0. The Hall–Kier alpha value is -10.5. The van der Waals surface area contributed by atoms with Crippen LogP contribution in [-0.4, -0.2) is 46.7 Å². The molecule has 520 valence electrons. The fourth-order valence-corrected chi connectivity index (χ4v) is 11.3.